The van der Waals surface area contributed by atoms with Gasteiger partial charge < -0.3 is 15.2 Å². The molecule has 0 radical (unpaired) electrons. The lowest BCUT2D eigenvalue weighted by Gasteiger charge is -2.33. The van der Waals surface area contributed by atoms with E-state index in [4.69, 9.17) is 4.74 Å². The monoisotopic (exact) mass is 602 g/mol. The Morgan fingerprint density at radius 1 is 1.05 bits per heavy atom. The molecule has 0 saturated carbocycles. The van der Waals surface area contributed by atoms with E-state index in [-0.39, 0.29) is 34.8 Å². The van der Waals surface area contributed by atoms with E-state index < -0.39 is 29.4 Å². The Morgan fingerprint density at radius 2 is 1.84 bits per heavy atom. The number of ether oxygens (including phenoxy) is 1. The molecule has 0 aliphatic carbocycles. The van der Waals surface area contributed by atoms with Gasteiger partial charge in [-0.3, -0.25) is 14.7 Å². The fraction of sp³-hybridized carbons (Fsp3) is 0.265. The number of aromatic hydroxyl groups is 1. The van der Waals surface area contributed by atoms with Crippen LogP contribution in [0, 0.1) is 22.9 Å². The molecular formula is C34H33F3N4O3. The number of allylic oxidation sites excluding steroid dienone is 1. The largest absolute Gasteiger partial charge is 0.506 e. The molecule has 1 amide bonds. The standard InChI is InChI=1S/C34H33F3N4O3/c1-5-34(3,4)17-27-20(2)32(23-11-10-22(16-25(23)36)44-19-21-9-12-24(35)26(37)15-21)41(33(43)28-18-38-13-14-39-28)29-7-6-8-30(42)31(29)40-27/h6-16,18,32,40,42H,5,17,19H2,1-4H3. The van der Waals surface area contributed by atoms with Crippen LogP contribution in [-0.2, 0) is 6.61 Å². The highest BCUT2D eigenvalue weighted by Gasteiger charge is 2.38. The second kappa shape index (κ2) is 12.4. The van der Waals surface area contributed by atoms with Crippen molar-refractivity contribution in [1.29, 1.82) is 0 Å². The highest BCUT2D eigenvalue weighted by Crippen LogP contribution is 2.48. The summed E-state index contributed by atoms with van der Waals surface area (Å²) in [5.74, 6) is -3.06. The van der Waals surface area contributed by atoms with Gasteiger partial charge in [-0.2, -0.15) is 0 Å². The van der Waals surface area contributed by atoms with Crippen LogP contribution in [0.25, 0.3) is 0 Å². The molecule has 44 heavy (non-hydrogen) atoms. The van der Waals surface area contributed by atoms with Gasteiger partial charge in [-0.1, -0.05) is 39.3 Å². The molecule has 3 aromatic carbocycles. The van der Waals surface area contributed by atoms with Gasteiger partial charge in [0.1, 0.15) is 35.3 Å². The molecule has 7 nitrogen and oxygen atoms in total. The van der Waals surface area contributed by atoms with Crippen molar-refractivity contribution in [3.63, 3.8) is 0 Å². The van der Waals surface area contributed by atoms with Crippen molar-refractivity contribution in [1.82, 2.24) is 9.97 Å². The Morgan fingerprint density at radius 3 is 2.52 bits per heavy atom. The molecule has 1 unspecified atom stereocenters. The predicted molar refractivity (Wildman–Crippen MR) is 162 cm³/mol. The summed E-state index contributed by atoms with van der Waals surface area (Å²) in [7, 11) is 0. The van der Waals surface area contributed by atoms with E-state index in [1.165, 1.54) is 47.8 Å². The summed E-state index contributed by atoms with van der Waals surface area (Å²) in [5.41, 5.74) is 2.54. The van der Waals surface area contributed by atoms with Gasteiger partial charge in [0, 0.05) is 29.7 Å². The van der Waals surface area contributed by atoms with Crippen LogP contribution in [-0.4, -0.2) is 21.0 Å². The number of nitrogens with one attached hydrogen (secondary N) is 1. The molecule has 1 aliphatic rings. The van der Waals surface area contributed by atoms with Crippen molar-refractivity contribution < 1.29 is 27.8 Å². The summed E-state index contributed by atoms with van der Waals surface area (Å²) in [5, 5.41) is 14.3. The Balaban J connectivity index is 1.63. The summed E-state index contributed by atoms with van der Waals surface area (Å²) in [6.07, 6.45) is 5.60. The molecule has 0 fully saturated rings. The van der Waals surface area contributed by atoms with Crippen LogP contribution >= 0.6 is 0 Å². The first kappa shape index (κ1) is 30.6. The fourth-order valence-electron chi connectivity index (χ4n) is 5.14. The Bertz CT molecular complexity index is 1730. The molecule has 0 spiro atoms. The van der Waals surface area contributed by atoms with Crippen LogP contribution < -0.4 is 15.0 Å². The van der Waals surface area contributed by atoms with E-state index in [0.717, 1.165) is 24.3 Å². The zero-order chi connectivity index (χ0) is 31.6. The van der Waals surface area contributed by atoms with E-state index in [2.05, 4.69) is 36.1 Å². The number of para-hydroxylation sites is 1. The topological polar surface area (TPSA) is 87.6 Å². The first-order valence-electron chi connectivity index (χ1n) is 14.2. The van der Waals surface area contributed by atoms with Crippen molar-refractivity contribution >= 4 is 17.3 Å². The number of hydrogen-bond acceptors (Lipinski definition) is 6. The number of carbonyl (C=O) groups is 1. The van der Waals surface area contributed by atoms with Crippen molar-refractivity contribution in [2.45, 2.75) is 53.2 Å². The Kier molecular flexibility index (Phi) is 8.62. The average Bonchev–Trinajstić information content (AvgIpc) is 3.12. The normalized spacial score (nSPS) is 15.0. The number of nitrogens with zero attached hydrogens (tertiary/aromatic N) is 3. The molecule has 1 aromatic heterocycles. The minimum Gasteiger partial charge on any atom is -0.506 e. The lowest BCUT2D eigenvalue weighted by Crippen LogP contribution is -2.36. The first-order valence-corrected chi connectivity index (χ1v) is 14.2. The van der Waals surface area contributed by atoms with Gasteiger partial charge in [-0.15, -0.1) is 0 Å². The third-order valence-corrected chi connectivity index (χ3v) is 7.97. The Labute approximate surface area is 254 Å². The second-order valence-corrected chi connectivity index (χ2v) is 11.5. The third kappa shape index (κ3) is 6.24. The number of rotatable bonds is 8. The van der Waals surface area contributed by atoms with Gasteiger partial charge >= 0.3 is 0 Å². The summed E-state index contributed by atoms with van der Waals surface area (Å²) < 4.78 is 48.8. The van der Waals surface area contributed by atoms with E-state index in [9.17, 15) is 18.7 Å². The number of halogens is 3. The molecule has 1 atom stereocenters. The van der Waals surface area contributed by atoms with Gasteiger partial charge in [0.25, 0.3) is 5.91 Å². The molecule has 1 aliphatic heterocycles. The van der Waals surface area contributed by atoms with Crippen molar-refractivity contribution in [2.75, 3.05) is 10.2 Å². The number of amides is 1. The number of benzene rings is 3. The number of phenolic OH excluding ortho intramolecular Hbond substituents is 1. The number of anilines is 2. The second-order valence-electron chi connectivity index (χ2n) is 11.5. The Hall–Kier alpha value is -4.86. The van der Waals surface area contributed by atoms with Crippen LogP contribution in [0.15, 0.2) is 84.5 Å². The number of phenols is 1. The molecule has 10 heteroatoms. The van der Waals surface area contributed by atoms with Gasteiger partial charge in [0.05, 0.1) is 17.9 Å². The minimum atomic E-state index is -1.00. The number of carbonyl (C=O) groups excluding carboxylic acids is 1. The number of aromatic nitrogens is 2. The summed E-state index contributed by atoms with van der Waals surface area (Å²) in [4.78, 5) is 23.9. The maximum Gasteiger partial charge on any atom is 0.279 e. The number of hydrogen-bond donors (Lipinski definition) is 2. The summed E-state index contributed by atoms with van der Waals surface area (Å²) >= 11 is 0. The van der Waals surface area contributed by atoms with E-state index in [0.29, 0.717) is 28.9 Å². The summed E-state index contributed by atoms with van der Waals surface area (Å²) in [6, 6.07) is 11.6. The zero-order valence-corrected chi connectivity index (χ0v) is 24.9. The third-order valence-electron chi connectivity index (χ3n) is 7.97. The van der Waals surface area contributed by atoms with Gasteiger partial charge in [0.15, 0.2) is 11.6 Å². The average molecular weight is 603 g/mol. The molecule has 0 saturated heterocycles. The smallest absolute Gasteiger partial charge is 0.279 e. The molecule has 5 rings (SSSR count). The van der Waals surface area contributed by atoms with E-state index in [1.54, 1.807) is 18.2 Å². The van der Waals surface area contributed by atoms with E-state index >= 15 is 4.39 Å². The predicted octanol–water partition coefficient (Wildman–Crippen LogP) is 8.09. The highest BCUT2D eigenvalue weighted by atomic mass is 19.2. The van der Waals surface area contributed by atoms with Crippen LogP contribution in [0.3, 0.4) is 0 Å². The van der Waals surface area contributed by atoms with Crippen LogP contribution in [0.5, 0.6) is 11.5 Å². The van der Waals surface area contributed by atoms with Crippen molar-refractivity contribution in [3.8, 4) is 11.5 Å². The van der Waals surface area contributed by atoms with Gasteiger partial charge in [-0.25, -0.2) is 18.2 Å². The molecule has 4 aromatic rings. The molecule has 0 bridgehead atoms. The van der Waals surface area contributed by atoms with Crippen LogP contribution in [0.1, 0.15) is 68.2 Å². The van der Waals surface area contributed by atoms with E-state index in [1.807, 2.05) is 6.92 Å². The first-order chi connectivity index (χ1) is 21.0. The quantitative estimate of drug-likeness (QED) is 0.198. The fourth-order valence-corrected chi connectivity index (χ4v) is 5.14. The minimum absolute atomic E-state index is 0.0452. The molecular weight excluding hydrogens is 569 g/mol. The van der Waals surface area contributed by atoms with Crippen LogP contribution in [0.2, 0.25) is 0 Å². The zero-order valence-electron chi connectivity index (χ0n) is 24.9. The summed E-state index contributed by atoms with van der Waals surface area (Å²) in [6.45, 7) is 8.04. The lowest BCUT2D eigenvalue weighted by atomic mass is 9.83. The molecule has 228 valence electrons. The van der Waals surface area contributed by atoms with Crippen molar-refractivity contribution in [3.05, 3.63) is 119 Å². The van der Waals surface area contributed by atoms with Crippen molar-refractivity contribution in [2.24, 2.45) is 5.41 Å². The highest BCUT2D eigenvalue weighted by molar-refractivity contribution is 6.08. The number of fused-ring (bicyclic) bond motifs is 1. The SMILES string of the molecule is CCC(C)(C)CC1=C(C)C(c2ccc(OCc3ccc(F)c(F)c3)cc2F)N(C(=O)c2cnccn2)c2cccc(O)c2N1. The molecule has 2 heterocycles. The van der Waals surface area contributed by atoms with Gasteiger partial charge in [-0.05, 0) is 66.3 Å². The maximum atomic E-state index is 16.2. The maximum absolute atomic E-state index is 16.2. The van der Waals surface area contributed by atoms with Crippen LogP contribution in [0.4, 0.5) is 24.5 Å². The van der Waals surface area contributed by atoms with Gasteiger partial charge in [0.2, 0.25) is 0 Å². The molecule has 2 N–H and O–H groups in total. The lowest BCUT2D eigenvalue weighted by molar-refractivity contribution is 0.0974.